The number of nitrogens with one attached hydrogen (secondary N) is 2. The minimum Gasteiger partial charge on any atom is -0.211 e. The van der Waals surface area contributed by atoms with Gasteiger partial charge in [-0.3, -0.25) is 0 Å². The fraction of sp³-hybridized carbons (Fsp3) is 0.400. The first-order valence-corrected chi connectivity index (χ1v) is 8.39. The molecule has 0 spiro atoms. The molecule has 18 heavy (non-hydrogen) atoms. The summed E-state index contributed by atoms with van der Waals surface area (Å²) in [6, 6.07) is 5.06. The average molecular weight is 292 g/mol. The molecule has 0 unspecified atom stereocenters. The van der Waals surface area contributed by atoms with Crippen LogP contribution in [0.4, 0.5) is 0 Å². The maximum Gasteiger partial charge on any atom is 0.240 e. The Labute approximate surface area is 108 Å². The molecule has 1 aromatic rings. The van der Waals surface area contributed by atoms with E-state index in [1.165, 1.54) is 24.3 Å². The third-order valence-electron chi connectivity index (χ3n) is 2.11. The summed E-state index contributed by atoms with van der Waals surface area (Å²) in [5, 5.41) is 0. The molecule has 0 heterocycles. The van der Waals surface area contributed by atoms with Crippen molar-refractivity contribution in [3.8, 4) is 0 Å². The lowest BCUT2D eigenvalue weighted by Gasteiger charge is -2.07. The van der Waals surface area contributed by atoms with Crippen LogP contribution in [-0.2, 0) is 20.0 Å². The lowest BCUT2D eigenvalue weighted by molar-refractivity contribution is 0.580. The van der Waals surface area contributed by atoms with Crippen molar-refractivity contribution < 1.29 is 16.8 Å². The van der Waals surface area contributed by atoms with E-state index in [1.807, 2.05) is 0 Å². The molecule has 0 bridgehead atoms. The van der Waals surface area contributed by atoms with E-state index in [0.29, 0.717) is 0 Å². The molecule has 0 aliphatic rings. The van der Waals surface area contributed by atoms with Crippen LogP contribution in [0.25, 0.3) is 0 Å². The first-order valence-electron chi connectivity index (χ1n) is 5.43. The van der Waals surface area contributed by atoms with Crippen molar-refractivity contribution in [1.29, 1.82) is 0 Å². The van der Waals surface area contributed by atoms with Gasteiger partial charge in [0, 0.05) is 13.1 Å². The SMILES string of the molecule is CCNS(=O)(=O)c1ccc(S(=O)(=O)NCC)cc1. The zero-order valence-corrected chi connectivity index (χ0v) is 11.8. The van der Waals surface area contributed by atoms with Gasteiger partial charge in [-0.15, -0.1) is 0 Å². The van der Waals surface area contributed by atoms with Gasteiger partial charge in [-0.25, -0.2) is 26.3 Å². The van der Waals surface area contributed by atoms with E-state index in [0.717, 1.165) is 0 Å². The average Bonchev–Trinajstić information content (AvgIpc) is 2.29. The minimum atomic E-state index is -3.55. The monoisotopic (exact) mass is 292 g/mol. The molecule has 1 aromatic carbocycles. The fourth-order valence-electron chi connectivity index (χ4n) is 1.34. The van der Waals surface area contributed by atoms with Gasteiger partial charge in [-0.1, -0.05) is 13.8 Å². The summed E-state index contributed by atoms with van der Waals surface area (Å²) in [6.45, 7) is 3.89. The van der Waals surface area contributed by atoms with E-state index >= 15 is 0 Å². The summed E-state index contributed by atoms with van der Waals surface area (Å²) < 4.78 is 51.2. The minimum absolute atomic E-state index is 0.0415. The third-order valence-corrected chi connectivity index (χ3v) is 5.24. The van der Waals surface area contributed by atoms with E-state index < -0.39 is 20.0 Å². The van der Waals surface area contributed by atoms with Gasteiger partial charge in [-0.05, 0) is 24.3 Å². The molecule has 0 saturated heterocycles. The van der Waals surface area contributed by atoms with Gasteiger partial charge in [0.05, 0.1) is 9.79 Å². The van der Waals surface area contributed by atoms with Crippen LogP contribution in [0.1, 0.15) is 13.8 Å². The molecule has 0 saturated carbocycles. The second kappa shape index (κ2) is 5.79. The molecule has 0 radical (unpaired) electrons. The Bertz CT molecular complexity index is 536. The van der Waals surface area contributed by atoms with Crippen molar-refractivity contribution in [3.63, 3.8) is 0 Å². The van der Waals surface area contributed by atoms with Crippen LogP contribution in [0.3, 0.4) is 0 Å². The first-order chi connectivity index (χ1) is 8.33. The molecule has 0 aliphatic carbocycles. The second-order valence-corrected chi connectivity index (χ2v) is 7.01. The van der Waals surface area contributed by atoms with Gasteiger partial charge < -0.3 is 0 Å². The van der Waals surface area contributed by atoms with E-state index in [1.54, 1.807) is 13.8 Å². The first kappa shape index (κ1) is 15.1. The number of rotatable bonds is 6. The molecule has 0 aliphatic heterocycles. The zero-order valence-electron chi connectivity index (χ0n) is 10.2. The number of hydrogen-bond acceptors (Lipinski definition) is 4. The second-order valence-electron chi connectivity index (χ2n) is 3.47. The number of benzene rings is 1. The van der Waals surface area contributed by atoms with Crippen LogP contribution in [0.5, 0.6) is 0 Å². The highest BCUT2D eigenvalue weighted by atomic mass is 32.2. The Morgan fingerprint density at radius 2 is 1.06 bits per heavy atom. The summed E-state index contributed by atoms with van der Waals surface area (Å²) in [7, 11) is -7.10. The Kier molecular flexibility index (Phi) is 4.85. The van der Waals surface area contributed by atoms with Gasteiger partial charge in [-0.2, -0.15) is 0 Å². The maximum absolute atomic E-state index is 11.6. The van der Waals surface area contributed by atoms with Crippen LogP contribution in [-0.4, -0.2) is 29.9 Å². The highest BCUT2D eigenvalue weighted by Gasteiger charge is 2.16. The smallest absolute Gasteiger partial charge is 0.211 e. The largest absolute Gasteiger partial charge is 0.240 e. The fourth-order valence-corrected chi connectivity index (χ4v) is 3.43. The van der Waals surface area contributed by atoms with Crippen molar-refractivity contribution >= 4 is 20.0 Å². The maximum atomic E-state index is 11.6. The predicted molar refractivity (Wildman–Crippen MR) is 68.2 cm³/mol. The standard InChI is InChI=1S/C10H16N2O4S2/c1-3-11-17(13,14)9-5-7-10(8-6-9)18(15,16)12-4-2/h5-8,11-12H,3-4H2,1-2H3. The van der Waals surface area contributed by atoms with E-state index in [9.17, 15) is 16.8 Å². The molecule has 0 aromatic heterocycles. The van der Waals surface area contributed by atoms with Crippen LogP contribution in [0.2, 0.25) is 0 Å². The van der Waals surface area contributed by atoms with Crippen molar-refractivity contribution in [2.45, 2.75) is 23.6 Å². The van der Waals surface area contributed by atoms with Crippen molar-refractivity contribution in [2.24, 2.45) is 0 Å². The molecule has 0 amide bonds. The highest BCUT2D eigenvalue weighted by molar-refractivity contribution is 7.90. The van der Waals surface area contributed by atoms with Gasteiger partial charge in [0.25, 0.3) is 0 Å². The van der Waals surface area contributed by atoms with Crippen molar-refractivity contribution in [1.82, 2.24) is 9.44 Å². The van der Waals surface area contributed by atoms with Gasteiger partial charge in [0.15, 0.2) is 0 Å². The lowest BCUT2D eigenvalue weighted by Crippen LogP contribution is -2.24. The lowest BCUT2D eigenvalue weighted by atomic mass is 10.4. The topological polar surface area (TPSA) is 92.3 Å². The molecule has 1 rings (SSSR count). The number of sulfonamides is 2. The van der Waals surface area contributed by atoms with E-state index in [2.05, 4.69) is 9.44 Å². The summed E-state index contributed by atoms with van der Waals surface area (Å²) >= 11 is 0. The molecule has 8 heteroatoms. The van der Waals surface area contributed by atoms with Gasteiger partial charge >= 0.3 is 0 Å². The molecular weight excluding hydrogens is 276 g/mol. The normalized spacial score (nSPS) is 12.6. The molecule has 0 atom stereocenters. The van der Waals surface area contributed by atoms with Crippen LogP contribution in [0, 0.1) is 0 Å². The summed E-state index contributed by atoms with van der Waals surface area (Å²) in [4.78, 5) is 0.0830. The van der Waals surface area contributed by atoms with Crippen molar-refractivity contribution in [3.05, 3.63) is 24.3 Å². The third kappa shape index (κ3) is 3.52. The molecule has 0 fully saturated rings. The molecular formula is C10H16N2O4S2. The Hall–Kier alpha value is -0.960. The van der Waals surface area contributed by atoms with Crippen LogP contribution >= 0.6 is 0 Å². The molecule has 2 N–H and O–H groups in total. The van der Waals surface area contributed by atoms with Gasteiger partial charge in [0.2, 0.25) is 20.0 Å². The van der Waals surface area contributed by atoms with E-state index in [-0.39, 0.29) is 22.9 Å². The molecule has 102 valence electrons. The highest BCUT2D eigenvalue weighted by Crippen LogP contribution is 2.14. The van der Waals surface area contributed by atoms with Crippen LogP contribution in [0.15, 0.2) is 34.1 Å². The summed E-state index contributed by atoms with van der Waals surface area (Å²) in [5.74, 6) is 0. The zero-order chi connectivity index (χ0) is 13.8. The quantitative estimate of drug-likeness (QED) is 0.788. The number of hydrogen-bond donors (Lipinski definition) is 2. The van der Waals surface area contributed by atoms with Crippen LogP contribution < -0.4 is 9.44 Å². The Morgan fingerprint density at radius 3 is 1.28 bits per heavy atom. The summed E-state index contributed by atoms with van der Waals surface area (Å²) in [6.07, 6.45) is 0. The van der Waals surface area contributed by atoms with E-state index in [4.69, 9.17) is 0 Å². The Balaban J connectivity index is 3.08. The predicted octanol–water partition coefficient (Wildman–Crippen LogP) is 0.283. The summed E-state index contributed by atoms with van der Waals surface area (Å²) in [5.41, 5.74) is 0. The van der Waals surface area contributed by atoms with Gasteiger partial charge in [0.1, 0.15) is 0 Å². The van der Waals surface area contributed by atoms with Crippen molar-refractivity contribution in [2.75, 3.05) is 13.1 Å². The molecule has 6 nitrogen and oxygen atoms in total. The Morgan fingerprint density at radius 1 is 0.778 bits per heavy atom.